The molecule has 0 atom stereocenters. The Morgan fingerprint density at radius 2 is 1.64 bits per heavy atom. The van der Waals surface area contributed by atoms with Crippen molar-refractivity contribution in [3.63, 3.8) is 0 Å². The number of anilines is 2. The maximum absolute atomic E-state index is 12.9. The minimum absolute atomic E-state index is 0.00142. The van der Waals surface area contributed by atoms with Gasteiger partial charge in [0.25, 0.3) is 17.5 Å². The monoisotopic (exact) mass is 497 g/mol. The van der Waals surface area contributed by atoms with Gasteiger partial charge in [-0.2, -0.15) is 0 Å². The van der Waals surface area contributed by atoms with Crippen LogP contribution in [0.25, 0.3) is 0 Å². The van der Waals surface area contributed by atoms with Crippen molar-refractivity contribution in [2.75, 3.05) is 31.5 Å². The Labute approximate surface area is 205 Å². The van der Waals surface area contributed by atoms with Crippen LogP contribution in [0.4, 0.5) is 17.1 Å². The van der Waals surface area contributed by atoms with Gasteiger partial charge in [-0.1, -0.05) is 0 Å². The first kappa shape index (κ1) is 25.7. The first-order valence-corrected chi connectivity index (χ1v) is 10.5. The Morgan fingerprint density at radius 1 is 0.972 bits per heavy atom. The molecule has 0 fully saturated rings. The Morgan fingerprint density at radius 3 is 2.25 bits per heavy atom. The Kier molecular flexibility index (Phi) is 7.89. The van der Waals surface area contributed by atoms with Gasteiger partial charge in [0.2, 0.25) is 0 Å². The van der Waals surface area contributed by atoms with E-state index >= 15 is 0 Å². The highest BCUT2D eigenvalue weighted by Crippen LogP contribution is 2.34. The molecule has 0 aliphatic heterocycles. The predicted molar refractivity (Wildman–Crippen MR) is 128 cm³/mol. The number of nitrogens with zero attached hydrogens (tertiary/aromatic N) is 1. The summed E-state index contributed by atoms with van der Waals surface area (Å²) in [6, 6.07) is 8.40. The second-order valence-corrected chi connectivity index (χ2v) is 7.52. The van der Waals surface area contributed by atoms with Gasteiger partial charge in [-0.3, -0.25) is 19.7 Å². The molecule has 0 saturated carbocycles. The number of ether oxygens (including phenoxy) is 3. The highest BCUT2D eigenvalue weighted by atomic mass is 16.6. The van der Waals surface area contributed by atoms with Crippen LogP contribution in [0.3, 0.4) is 0 Å². The van der Waals surface area contributed by atoms with Crippen molar-refractivity contribution in [2.45, 2.75) is 13.8 Å². The second kappa shape index (κ2) is 11.0. The number of esters is 1. The zero-order chi connectivity index (χ0) is 26.4. The largest absolute Gasteiger partial charge is 0.493 e. The maximum atomic E-state index is 12.9. The molecule has 0 radical (unpaired) electrons. The molecule has 2 aromatic carbocycles. The second-order valence-electron chi connectivity index (χ2n) is 7.52. The first-order chi connectivity index (χ1) is 17.1. The molecule has 1 aromatic heterocycles. The van der Waals surface area contributed by atoms with Crippen LogP contribution in [0, 0.1) is 24.0 Å². The van der Waals surface area contributed by atoms with E-state index in [-0.39, 0.29) is 39.9 Å². The molecule has 0 bridgehead atoms. The fraction of sp³-hybridized carbons (Fsp3) is 0.208. The van der Waals surface area contributed by atoms with Crippen molar-refractivity contribution in [1.29, 1.82) is 0 Å². The number of nitro benzene ring substituents is 1. The van der Waals surface area contributed by atoms with Crippen molar-refractivity contribution in [2.24, 2.45) is 0 Å². The summed E-state index contributed by atoms with van der Waals surface area (Å²) in [5.74, 6) is -1.99. The molecule has 0 aliphatic carbocycles. The van der Waals surface area contributed by atoms with Crippen molar-refractivity contribution >= 4 is 34.8 Å². The number of carbonyl (C=O) groups excluding carboxylic acids is 3. The first-order valence-electron chi connectivity index (χ1n) is 10.5. The van der Waals surface area contributed by atoms with Crippen LogP contribution < -0.4 is 20.1 Å². The molecular weight excluding hydrogens is 474 g/mol. The Balaban J connectivity index is 1.80. The lowest BCUT2D eigenvalue weighted by Gasteiger charge is -2.15. The number of hydrogen-bond donors (Lipinski definition) is 2. The molecule has 2 amide bonds. The maximum Gasteiger partial charge on any atom is 0.340 e. The van der Waals surface area contributed by atoms with E-state index in [4.69, 9.17) is 18.6 Å². The third-order valence-electron chi connectivity index (χ3n) is 5.15. The number of aryl methyl sites for hydroxylation is 2. The Bertz CT molecular complexity index is 1320. The third-order valence-corrected chi connectivity index (χ3v) is 5.15. The summed E-state index contributed by atoms with van der Waals surface area (Å²) in [6.07, 6.45) is 1.32. The van der Waals surface area contributed by atoms with Gasteiger partial charge < -0.3 is 29.3 Å². The van der Waals surface area contributed by atoms with Crippen LogP contribution >= 0.6 is 0 Å². The van der Waals surface area contributed by atoms with Crippen molar-refractivity contribution in [1.82, 2.24) is 0 Å². The molecule has 0 saturated heterocycles. The molecule has 12 heteroatoms. The summed E-state index contributed by atoms with van der Waals surface area (Å²) in [6.45, 7) is 2.70. The lowest BCUT2D eigenvalue weighted by Crippen LogP contribution is -2.22. The van der Waals surface area contributed by atoms with Crippen LogP contribution in [0.15, 0.2) is 47.1 Å². The summed E-state index contributed by atoms with van der Waals surface area (Å²) >= 11 is 0. The molecule has 12 nitrogen and oxygen atoms in total. The molecule has 0 unspecified atom stereocenters. The molecule has 2 N–H and O–H groups in total. The summed E-state index contributed by atoms with van der Waals surface area (Å²) in [5.41, 5.74) is 0.989. The van der Waals surface area contributed by atoms with Gasteiger partial charge in [0.15, 0.2) is 23.9 Å². The summed E-state index contributed by atoms with van der Waals surface area (Å²) in [5, 5.41) is 16.3. The number of hydrogen-bond acceptors (Lipinski definition) is 9. The van der Waals surface area contributed by atoms with E-state index in [1.165, 1.54) is 56.9 Å². The number of carbonyl (C=O) groups is 3. The SMILES string of the molecule is COc1cc(NC(=O)c2ccco2)c(C(=O)OCC(=O)Nc2cc(C)c(C)cc2[N+](=O)[O-])cc1OC. The zero-order valence-electron chi connectivity index (χ0n) is 19.9. The molecular formula is C24H23N3O9. The fourth-order valence-electron chi connectivity index (χ4n) is 3.19. The van der Waals surface area contributed by atoms with Gasteiger partial charge in [0, 0.05) is 18.2 Å². The number of nitro groups is 1. The molecule has 0 spiro atoms. The van der Waals surface area contributed by atoms with Gasteiger partial charge in [0.1, 0.15) is 5.69 Å². The molecule has 188 valence electrons. The predicted octanol–water partition coefficient (Wildman–Crippen LogP) is 3.87. The van der Waals surface area contributed by atoms with Crippen molar-refractivity contribution in [3.8, 4) is 11.5 Å². The van der Waals surface area contributed by atoms with Crippen LogP contribution in [0.2, 0.25) is 0 Å². The molecule has 3 rings (SSSR count). The topological polar surface area (TPSA) is 159 Å². The quantitative estimate of drug-likeness (QED) is 0.254. The van der Waals surface area contributed by atoms with Gasteiger partial charge >= 0.3 is 5.97 Å². The van der Waals surface area contributed by atoms with E-state index in [1.807, 2.05) is 0 Å². The van der Waals surface area contributed by atoms with E-state index in [2.05, 4.69) is 10.6 Å². The van der Waals surface area contributed by atoms with Gasteiger partial charge in [-0.25, -0.2) is 4.79 Å². The van der Waals surface area contributed by atoms with Gasteiger partial charge in [-0.05, 0) is 43.2 Å². The van der Waals surface area contributed by atoms with Gasteiger partial charge in [0.05, 0.1) is 36.7 Å². The highest BCUT2D eigenvalue weighted by molar-refractivity contribution is 6.07. The minimum Gasteiger partial charge on any atom is -0.493 e. The average Bonchev–Trinajstić information content (AvgIpc) is 3.39. The van der Waals surface area contributed by atoms with Crippen LogP contribution in [0.5, 0.6) is 11.5 Å². The number of nitrogens with one attached hydrogen (secondary N) is 2. The lowest BCUT2D eigenvalue weighted by atomic mass is 10.1. The summed E-state index contributed by atoms with van der Waals surface area (Å²) < 4.78 is 20.6. The Hall–Kier alpha value is -4.87. The molecule has 1 heterocycles. The normalized spacial score (nSPS) is 10.3. The van der Waals surface area contributed by atoms with E-state index in [9.17, 15) is 24.5 Å². The third kappa shape index (κ3) is 5.78. The number of methoxy groups -OCH3 is 2. The van der Waals surface area contributed by atoms with E-state index in [0.29, 0.717) is 5.56 Å². The standard InChI is InChI=1S/C24H23N3O9/c1-13-8-17(18(27(31)32)9-14(13)2)25-22(28)12-36-24(30)15-10-20(33-3)21(34-4)11-16(15)26-23(29)19-6-5-7-35-19/h5-11H,12H2,1-4H3,(H,25,28)(H,26,29). The number of furan rings is 1. The van der Waals surface area contributed by atoms with Crippen molar-refractivity contribution in [3.05, 3.63) is 75.2 Å². The van der Waals surface area contributed by atoms with Gasteiger partial charge in [-0.15, -0.1) is 0 Å². The highest BCUT2D eigenvalue weighted by Gasteiger charge is 2.23. The zero-order valence-corrected chi connectivity index (χ0v) is 19.9. The number of amides is 2. The summed E-state index contributed by atoms with van der Waals surface area (Å²) in [7, 11) is 2.74. The number of benzene rings is 2. The molecule has 0 aliphatic rings. The molecule has 3 aromatic rings. The summed E-state index contributed by atoms with van der Waals surface area (Å²) in [4.78, 5) is 48.5. The van der Waals surface area contributed by atoms with Crippen LogP contribution in [-0.4, -0.2) is 43.5 Å². The van der Waals surface area contributed by atoms with E-state index < -0.39 is 29.3 Å². The minimum atomic E-state index is -0.963. The van der Waals surface area contributed by atoms with E-state index in [0.717, 1.165) is 5.56 Å². The average molecular weight is 497 g/mol. The number of rotatable bonds is 9. The smallest absolute Gasteiger partial charge is 0.340 e. The fourth-order valence-corrected chi connectivity index (χ4v) is 3.19. The van der Waals surface area contributed by atoms with Crippen LogP contribution in [-0.2, 0) is 9.53 Å². The lowest BCUT2D eigenvalue weighted by molar-refractivity contribution is -0.384. The van der Waals surface area contributed by atoms with Crippen LogP contribution in [0.1, 0.15) is 32.0 Å². The van der Waals surface area contributed by atoms with E-state index in [1.54, 1.807) is 13.8 Å². The van der Waals surface area contributed by atoms with Crippen molar-refractivity contribution < 1.29 is 37.9 Å². The molecule has 36 heavy (non-hydrogen) atoms.